The lowest BCUT2D eigenvalue weighted by Gasteiger charge is -2.38. The van der Waals surface area contributed by atoms with Crippen LogP contribution in [0.3, 0.4) is 0 Å². The highest BCUT2D eigenvalue weighted by Gasteiger charge is 2.36. The predicted octanol–water partition coefficient (Wildman–Crippen LogP) is 8.25. The van der Waals surface area contributed by atoms with Crippen molar-refractivity contribution < 1.29 is 38.1 Å². The fourth-order valence-corrected chi connectivity index (χ4v) is 3.95. The summed E-state index contributed by atoms with van der Waals surface area (Å²) in [6, 6.07) is 6.25. The van der Waals surface area contributed by atoms with Crippen LogP contribution in [0.4, 0.5) is 0 Å². The maximum absolute atomic E-state index is 12.5. The van der Waals surface area contributed by atoms with Crippen LogP contribution < -0.4 is 0 Å². The highest BCUT2D eigenvalue weighted by Crippen LogP contribution is 2.33. The average Bonchev–Trinajstić information content (AvgIpc) is 2.89. The van der Waals surface area contributed by atoms with Gasteiger partial charge in [0.05, 0.1) is 24.3 Å². The smallest absolute Gasteiger partial charge is 0.338 e. The summed E-state index contributed by atoms with van der Waals surface area (Å²) < 4.78 is 21.9. The molecule has 0 aliphatic carbocycles. The minimum Gasteiger partial charge on any atom is -0.466 e. The number of rotatable bonds is 19. The molecule has 0 aliphatic rings. The minimum absolute atomic E-state index is 0.212. The van der Waals surface area contributed by atoms with Gasteiger partial charge in [-0.1, -0.05) is 41.0 Å². The molecule has 1 aromatic rings. The van der Waals surface area contributed by atoms with Crippen molar-refractivity contribution in [2.45, 2.75) is 138 Å². The van der Waals surface area contributed by atoms with E-state index < -0.39 is 23.1 Å². The van der Waals surface area contributed by atoms with Crippen molar-refractivity contribution in [3.05, 3.63) is 35.4 Å². The summed E-state index contributed by atoms with van der Waals surface area (Å²) in [4.78, 5) is 49.1. The first-order valence-corrected chi connectivity index (χ1v) is 15.8. The largest absolute Gasteiger partial charge is 0.466 e. The van der Waals surface area contributed by atoms with E-state index in [9.17, 15) is 19.2 Å². The van der Waals surface area contributed by atoms with Crippen LogP contribution in [0.25, 0.3) is 0 Å². The Labute approximate surface area is 259 Å². The van der Waals surface area contributed by atoms with Gasteiger partial charge in [0, 0.05) is 18.3 Å². The van der Waals surface area contributed by atoms with Crippen molar-refractivity contribution in [2.24, 2.45) is 11.3 Å². The standard InChI is InChI=1S/C35H56O8/c1-26(2)16-12-14-24-40-29(36)17-10-11-18-30(37)42-34(6,7)23-13-15-25-41-31(38)27-19-21-28(22-20-27)32(39)43-35(8,9)33(3,4)5/h19-22,26H,10-18,23-25H2,1-9H3. The lowest BCUT2D eigenvalue weighted by atomic mass is 9.79. The first-order valence-electron chi connectivity index (χ1n) is 15.8. The predicted molar refractivity (Wildman–Crippen MR) is 168 cm³/mol. The van der Waals surface area contributed by atoms with E-state index in [1.807, 2.05) is 48.5 Å². The number of hydrogen-bond donors (Lipinski definition) is 0. The molecule has 0 atom stereocenters. The Balaban J connectivity index is 2.26. The summed E-state index contributed by atoms with van der Waals surface area (Å²) in [7, 11) is 0. The second-order valence-corrected chi connectivity index (χ2v) is 13.9. The molecule has 0 heterocycles. The maximum Gasteiger partial charge on any atom is 0.338 e. The molecule has 43 heavy (non-hydrogen) atoms. The van der Waals surface area contributed by atoms with Crippen molar-refractivity contribution in [1.29, 1.82) is 0 Å². The van der Waals surface area contributed by atoms with Gasteiger partial charge >= 0.3 is 23.9 Å². The molecule has 0 bridgehead atoms. The summed E-state index contributed by atoms with van der Waals surface area (Å²) in [5, 5.41) is 0. The number of carbonyl (C=O) groups excluding carboxylic acids is 4. The average molecular weight is 605 g/mol. The normalized spacial score (nSPS) is 12.1. The van der Waals surface area contributed by atoms with Crippen LogP contribution >= 0.6 is 0 Å². The zero-order valence-electron chi connectivity index (χ0n) is 28.1. The van der Waals surface area contributed by atoms with Gasteiger partial charge < -0.3 is 18.9 Å². The van der Waals surface area contributed by atoms with Crippen LogP contribution in [0.2, 0.25) is 0 Å². The van der Waals surface area contributed by atoms with E-state index in [0.717, 1.165) is 19.3 Å². The summed E-state index contributed by atoms with van der Waals surface area (Å²) in [6.45, 7) is 18.6. The van der Waals surface area contributed by atoms with E-state index in [1.165, 1.54) is 0 Å². The number of carbonyl (C=O) groups is 4. The van der Waals surface area contributed by atoms with Gasteiger partial charge in [0.15, 0.2) is 0 Å². The minimum atomic E-state index is -0.655. The van der Waals surface area contributed by atoms with Gasteiger partial charge in [-0.15, -0.1) is 0 Å². The van der Waals surface area contributed by atoms with E-state index in [1.54, 1.807) is 24.3 Å². The fourth-order valence-electron chi connectivity index (χ4n) is 3.95. The van der Waals surface area contributed by atoms with Crippen LogP contribution in [0.1, 0.15) is 147 Å². The first-order chi connectivity index (χ1) is 19.9. The Morgan fingerprint density at radius 3 is 1.70 bits per heavy atom. The summed E-state index contributed by atoms with van der Waals surface area (Å²) >= 11 is 0. The molecule has 8 nitrogen and oxygen atoms in total. The quantitative estimate of drug-likeness (QED) is 0.0883. The molecule has 0 aromatic heterocycles. The van der Waals surface area contributed by atoms with Crippen LogP contribution in [-0.2, 0) is 28.5 Å². The highest BCUT2D eigenvalue weighted by atomic mass is 16.6. The molecule has 0 fully saturated rings. The van der Waals surface area contributed by atoms with Crippen LogP contribution in [0.15, 0.2) is 24.3 Å². The van der Waals surface area contributed by atoms with Crippen molar-refractivity contribution in [2.75, 3.05) is 13.2 Å². The second kappa shape index (κ2) is 18.0. The number of hydrogen-bond acceptors (Lipinski definition) is 8. The molecule has 0 N–H and O–H groups in total. The molecule has 0 saturated carbocycles. The Bertz CT molecular complexity index is 1020. The van der Waals surface area contributed by atoms with Crippen LogP contribution in [0, 0.1) is 11.3 Å². The molecular formula is C35H56O8. The van der Waals surface area contributed by atoms with Crippen LogP contribution in [-0.4, -0.2) is 48.3 Å². The zero-order valence-corrected chi connectivity index (χ0v) is 28.1. The third-order valence-corrected chi connectivity index (χ3v) is 7.76. The van der Waals surface area contributed by atoms with Gasteiger partial charge in [-0.2, -0.15) is 0 Å². The van der Waals surface area contributed by atoms with Gasteiger partial charge in [-0.05, 0) is 103 Å². The van der Waals surface area contributed by atoms with Gasteiger partial charge in [-0.3, -0.25) is 9.59 Å². The molecule has 0 amide bonds. The lowest BCUT2D eigenvalue weighted by molar-refractivity contribution is -0.157. The molecule has 0 aliphatic heterocycles. The molecule has 1 aromatic carbocycles. The third-order valence-electron chi connectivity index (χ3n) is 7.76. The number of benzene rings is 1. The van der Waals surface area contributed by atoms with Gasteiger partial charge in [0.1, 0.15) is 11.2 Å². The summed E-state index contributed by atoms with van der Waals surface area (Å²) in [5.41, 5.74) is -0.791. The second-order valence-electron chi connectivity index (χ2n) is 13.9. The van der Waals surface area contributed by atoms with Gasteiger partial charge in [-0.25, -0.2) is 9.59 Å². The van der Waals surface area contributed by atoms with E-state index in [2.05, 4.69) is 13.8 Å². The number of unbranched alkanes of at least 4 members (excludes halogenated alkanes) is 3. The molecule has 0 spiro atoms. The van der Waals surface area contributed by atoms with E-state index in [4.69, 9.17) is 18.9 Å². The maximum atomic E-state index is 12.5. The number of ether oxygens (including phenoxy) is 4. The van der Waals surface area contributed by atoms with Crippen molar-refractivity contribution in [3.8, 4) is 0 Å². The SMILES string of the molecule is CC(C)CCCCOC(=O)CCCCC(=O)OC(C)(C)CCCCOC(=O)c1ccc(C(=O)OC(C)(C)C(C)(C)C)cc1. The number of esters is 4. The first kappa shape index (κ1) is 38.1. The van der Waals surface area contributed by atoms with Crippen molar-refractivity contribution in [1.82, 2.24) is 0 Å². The van der Waals surface area contributed by atoms with E-state index in [0.29, 0.717) is 62.2 Å². The summed E-state index contributed by atoms with van der Waals surface area (Å²) in [6.07, 6.45) is 6.78. The molecule has 1 rings (SSSR count). The monoisotopic (exact) mass is 604 g/mol. The van der Waals surface area contributed by atoms with Crippen LogP contribution in [0.5, 0.6) is 0 Å². The van der Waals surface area contributed by atoms with Crippen molar-refractivity contribution in [3.63, 3.8) is 0 Å². The Hall–Kier alpha value is -2.90. The topological polar surface area (TPSA) is 105 Å². The molecule has 0 saturated heterocycles. The molecular weight excluding hydrogens is 548 g/mol. The molecule has 8 heteroatoms. The molecule has 244 valence electrons. The fraction of sp³-hybridized carbons (Fsp3) is 0.714. The zero-order chi connectivity index (χ0) is 32.7. The molecule has 0 radical (unpaired) electrons. The third kappa shape index (κ3) is 15.9. The Morgan fingerprint density at radius 2 is 1.14 bits per heavy atom. The molecule has 0 unspecified atom stereocenters. The Kier molecular flexibility index (Phi) is 16.0. The van der Waals surface area contributed by atoms with Crippen molar-refractivity contribution >= 4 is 23.9 Å². The summed E-state index contributed by atoms with van der Waals surface area (Å²) in [5.74, 6) is -0.737. The van der Waals surface area contributed by atoms with Gasteiger partial charge in [0.25, 0.3) is 0 Å². The lowest BCUT2D eigenvalue weighted by Crippen LogP contribution is -2.41. The Morgan fingerprint density at radius 1 is 0.628 bits per heavy atom. The van der Waals surface area contributed by atoms with Gasteiger partial charge in [0.2, 0.25) is 0 Å². The van der Waals surface area contributed by atoms with E-state index >= 15 is 0 Å². The van der Waals surface area contributed by atoms with E-state index in [-0.39, 0.29) is 30.4 Å². The highest BCUT2D eigenvalue weighted by molar-refractivity contribution is 5.93.